The minimum absolute atomic E-state index is 0.654. The smallest absolute Gasteiger partial charge is 0.123 e. The first kappa shape index (κ1) is 10.9. The molecule has 0 fully saturated rings. The van der Waals surface area contributed by atoms with E-state index in [1.54, 1.807) is 18.7 Å². The van der Waals surface area contributed by atoms with Crippen LogP contribution in [-0.4, -0.2) is 19.6 Å². The van der Waals surface area contributed by atoms with Crippen molar-refractivity contribution in [3.05, 3.63) is 60.4 Å². The quantitative estimate of drug-likeness (QED) is 0.744. The van der Waals surface area contributed by atoms with Gasteiger partial charge in [0.15, 0.2) is 0 Å². The van der Waals surface area contributed by atoms with E-state index < -0.39 is 6.10 Å². The van der Waals surface area contributed by atoms with Crippen LogP contribution in [-0.2, 0) is 7.05 Å². The molecule has 2 aromatic heterocycles. The van der Waals surface area contributed by atoms with E-state index in [1.165, 1.54) is 0 Å². The standard InChI is InChI=1S/C14H13N3O/c1-17-8-13(16-9-17)14(18)12-4-2-3-10-7-15-6-5-11(10)12/h2-9,14,18H,1H3. The largest absolute Gasteiger partial charge is 0.382 e. The minimum Gasteiger partial charge on any atom is -0.382 e. The molecule has 0 aliphatic rings. The molecule has 2 heterocycles. The number of pyridine rings is 1. The number of fused-ring (bicyclic) bond motifs is 1. The topological polar surface area (TPSA) is 50.9 Å². The summed E-state index contributed by atoms with van der Waals surface area (Å²) < 4.78 is 1.82. The van der Waals surface area contributed by atoms with Gasteiger partial charge in [0, 0.05) is 31.0 Å². The van der Waals surface area contributed by atoms with Crippen LogP contribution in [0.1, 0.15) is 17.4 Å². The van der Waals surface area contributed by atoms with Crippen LogP contribution in [0.25, 0.3) is 10.8 Å². The molecule has 0 bridgehead atoms. The molecule has 0 radical (unpaired) electrons. The highest BCUT2D eigenvalue weighted by Gasteiger charge is 2.15. The Hall–Kier alpha value is -2.20. The molecule has 18 heavy (non-hydrogen) atoms. The lowest BCUT2D eigenvalue weighted by atomic mass is 10.0. The molecule has 4 heteroatoms. The number of hydrogen-bond acceptors (Lipinski definition) is 3. The predicted molar refractivity (Wildman–Crippen MR) is 69.0 cm³/mol. The summed E-state index contributed by atoms with van der Waals surface area (Å²) in [6, 6.07) is 7.74. The summed E-state index contributed by atoms with van der Waals surface area (Å²) in [5.74, 6) is 0. The average molecular weight is 239 g/mol. The molecule has 0 saturated heterocycles. The van der Waals surface area contributed by atoms with Gasteiger partial charge < -0.3 is 9.67 Å². The molecule has 1 aromatic carbocycles. The molecular weight excluding hydrogens is 226 g/mol. The van der Waals surface area contributed by atoms with E-state index in [0.717, 1.165) is 16.3 Å². The molecule has 0 spiro atoms. The Morgan fingerprint density at radius 3 is 2.94 bits per heavy atom. The van der Waals surface area contributed by atoms with E-state index in [1.807, 2.05) is 42.1 Å². The maximum atomic E-state index is 10.4. The van der Waals surface area contributed by atoms with E-state index in [0.29, 0.717) is 5.69 Å². The number of aliphatic hydroxyl groups excluding tert-OH is 1. The van der Waals surface area contributed by atoms with Gasteiger partial charge in [0.1, 0.15) is 6.10 Å². The summed E-state index contributed by atoms with van der Waals surface area (Å²) >= 11 is 0. The third-order valence-electron chi connectivity index (χ3n) is 3.01. The van der Waals surface area contributed by atoms with Gasteiger partial charge in [0.05, 0.1) is 12.0 Å². The molecule has 1 unspecified atom stereocenters. The fraction of sp³-hybridized carbons (Fsp3) is 0.143. The summed E-state index contributed by atoms with van der Waals surface area (Å²) in [6.45, 7) is 0. The molecular formula is C14H13N3O. The number of benzene rings is 1. The zero-order valence-corrected chi connectivity index (χ0v) is 9.99. The van der Waals surface area contributed by atoms with Gasteiger partial charge in [-0.1, -0.05) is 18.2 Å². The van der Waals surface area contributed by atoms with Crippen LogP contribution in [0.5, 0.6) is 0 Å². The second kappa shape index (κ2) is 4.23. The van der Waals surface area contributed by atoms with Gasteiger partial charge in [-0.25, -0.2) is 4.98 Å². The number of aromatic nitrogens is 3. The summed E-state index contributed by atoms with van der Waals surface area (Å²) in [4.78, 5) is 8.29. The molecule has 0 aliphatic carbocycles. The first-order valence-corrected chi connectivity index (χ1v) is 5.74. The number of aryl methyl sites for hydroxylation is 1. The number of hydrogen-bond donors (Lipinski definition) is 1. The van der Waals surface area contributed by atoms with Gasteiger partial charge >= 0.3 is 0 Å². The maximum Gasteiger partial charge on any atom is 0.123 e. The van der Waals surface area contributed by atoms with E-state index >= 15 is 0 Å². The molecule has 0 amide bonds. The highest BCUT2D eigenvalue weighted by atomic mass is 16.3. The summed E-state index contributed by atoms with van der Waals surface area (Å²) in [5.41, 5.74) is 1.51. The molecule has 3 aromatic rings. The molecule has 0 aliphatic heterocycles. The second-order valence-corrected chi connectivity index (χ2v) is 4.31. The van der Waals surface area contributed by atoms with Gasteiger partial charge in [0.25, 0.3) is 0 Å². The van der Waals surface area contributed by atoms with Crippen LogP contribution in [0.15, 0.2) is 49.2 Å². The van der Waals surface area contributed by atoms with Crippen molar-refractivity contribution in [2.24, 2.45) is 7.05 Å². The number of rotatable bonds is 2. The monoisotopic (exact) mass is 239 g/mol. The van der Waals surface area contributed by atoms with Crippen LogP contribution in [0.2, 0.25) is 0 Å². The Morgan fingerprint density at radius 2 is 2.17 bits per heavy atom. The fourth-order valence-corrected chi connectivity index (χ4v) is 2.12. The van der Waals surface area contributed by atoms with Gasteiger partial charge in [0.2, 0.25) is 0 Å². The first-order valence-electron chi connectivity index (χ1n) is 5.74. The maximum absolute atomic E-state index is 10.4. The highest BCUT2D eigenvalue weighted by Crippen LogP contribution is 2.27. The fourth-order valence-electron chi connectivity index (χ4n) is 2.12. The van der Waals surface area contributed by atoms with E-state index in [9.17, 15) is 5.11 Å². The van der Waals surface area contributed by atoms with E-state index in [4.69, 9.17) is 0 Å². The van der Waals surface area contributed by atoms with Crippen molar-refractivity contribution in [2.75, 3.05) is 0 Å². The van der Waals surface area contributed by atoms with Crippen molar-refractivity contribution in [3.63, 3.8) is 0 Å². The summed E-state index contributed by atoms with van der Waals surface area (Å²) in [7, 11) is 1.89. The lowest BCUT2D eigenvalue weighted by Crippen LogP contribution is -2.01. The lowest BCUT2D eigenvalue weighted by Gasteiger charge is -2.11. The summed E-state index contributed by atoms with van der Waals surface area (Å²) in [5, 5.41) is 12.4. The molecule has 4 nitrogen and oxygen atoms in total. The van der Waals surface area contributed by atoms with Crippen molar-refractivity contribution < 1.29 is 5.11 Å². The molecule has 0 saturated carbocycles. The number of imidazole rings is 1. The molecule has 1 atom stereocenters. The van der Waals surface area contributed by atoms with Crippen molar-refractivity contribution in [1.29, 1.82) is 0 Å². The third-order valence-corrected chi connectivity index (χ3v) is 3.01. The van der Waals surface area contributed by atoms with Crippen molar-refractivity contribution in [1.82, 2.24) is 14.5 Å². The number of nitrogens with zero attached hydrogens (tertiary/aromatic N) is 3. The van der Waals surface area contributed by atoms with E-state index in [2.05, 4.69) is 9.97 Å². The predicted octanol–water partition coefficient (Wildman–Crippen LogP) is 2.05. The Labute approximate surface area is 105 Å². The lowest BCUT2D eigenvalue weighted by molar-refractivity contribution is 0.217. The van der Waals surface area contributed by atoms with Gasteiger partial charge in [-0.15, -0.1) is 0 Å². The zero-order valence-electron chi connectivity index (χ0n) is 9.99. The van der Waals surface area contributed by atoms with Crippen LogP contribution < -0.4 is 0 Å². The number of aliphatic hydroxyl groups is 1. The van der Waals surface area contributed by atoms with Crippen LogP contribution in [0.4, 0.5) is 0 Å². The third kappa shape index (κ3) is 1.76. The minimum atomic E-state index is -0.711. The van der Waals surface area contributed by atoms with Crippen molar-refractivity contribution >= 4 is 10.8 Å². The van der Waals surface area contributed by atoms with Crippen LogP contribution in [0, 0.1) is 0 Å². The Morgan fingerprint density at radius 1 is 1.28 bits per heavy atom. The zero-order chi connectivity index (χ0) is 12.5. The van der Waals surface area contributed by atoms with Crippen LogP contribution >= 0.6 is 0 Å². The van der Waals surface area contributed by atoms with E-state index in [-0.39, 0.29) is 0 Å². The Kier molecular flexibility index (Phi) is 2.57. The Balaban J connectivity index is 2.14. The molecule has 1 N–H and O–H groups in total. The Bertz CT molecular complexity index is 685. The van der Waals surface area contributed by atoms with Crippen molar-refractivity contribution in [3.8, 4) is 0 Å². The van der Waals surface area contributed by atoms with Crippen LogP contribution in [0.3, 0.4) is 0 Å². The SMILES string of the molecule is Cn1cnc(C(O)c2cccc3cnccc23)c1. The molecule has 90 valence electrons. The average Bonchev–Trinajstić information content (AvgIpc) is 2.84. The van der Waals surface area contributed by atoms with Gasteiger partial charge in [-0.05, 0) is 17.0 Å². The first-order chi connectivity index (χ1) is 8.75. The highest BCUT2D eigenvalue weighted by molar-refractivity contribution is 5.85. The summed E-state index contributed by atoms with van der Waals surface area (Å²) in [6.07, 6.45) is 6.33. The van der Waals surface area contributed by atoms with Gasteiger partial charge in [-0.2, -0.15) is 0 Å². The molecule has 3 rings (SSSR count). The van der Waals surface area contributed by atoms with Gasteiger partial charge in [-0.3, -0.25) is 4.98 Å². The normalized spacial score (nSPS) is 12.8. The van der Waals surface area contributed by atoms with Crippen molar-refractivity contribution in [2.45, 2.75) is 6.10 Å². The second-order valence-electron chi connectivity index (χ2n) is 4.31.